The number of nitrogens with zero attached hydrogens (tertiary/aromatic N) is 2. The average Bonchev–Trinajstić information content (AvgIpc) is 2.85. The Hall–Kier alpha value is -3.46. The largest absolute Gasteiger partial charge is 0.508 e. The summed E-state index contributed by atoms with van der Waals surface area (Å²) in [7, 11) is 3.02. The van der Waals surface area contributed by atoms with E-state index in [1.807, 2.05) is 33.8 Å². The molecule has 0 bridgehead atoms. The molecule has 3 amide bonds. The number of hydrogen-bond acceptors (Lipinski definition) is 5. The number of primary amides is 1. The van der Waals surface area contributed by atoms with E-state index in [4.69, 9.17) is 11.5 Å². The standard InChI is InChI=1S/C29H41FN4O4/c1-7-8-23(33(5)27(37)22(31)16-18-9-12-20(30)13-10-18)28(38)34(6)24(26(32)36)17-19-11-14-25(35)21(15-19)29(2,3)4/h9-15,22-24,35H,7-8,16-17,31H2,1-6H3,(H2,32,36)/t22-,23-,24-/m0/s1. The first kappa shape index (κ1) is 30.8. The summed E-state index contributed by atoms with van der Waals surface area (Å²) >= 11 is 0. The first-order chi connectivity index (χ1) is 17.7. The van der Waals surface area contributed by atoms with Gasteiger partial charge in [-0.15, -0.1) is 0 Å². The smallest absolute Gasteiger partial charge is 0.245 e. The number of nitrogens with two attached hydrogens (primary N) is 2. The van der Waals surface area contributed by atoms with E-state index in [0.29, 0.717) is 18.4 Å². The summed E-state index contributed by atoms with van der Waals surface area (Å²) in [6.45, 7) is 7.80. The Labute approximate surface area is 224 Å². The summed E-state index contributed by atoms with van der Waals surface area (Å²) in [6, 6.07) is 8.10. The lowest BCUT2D eigenvalue weighted by molar-refractivity contribution is -0.147. The SMILES string of the molecule is CCC[C@@H](C(=O)N(C)[C@@H](Cc1ccc(O)c(C(C)(C)C)c1)C(N)=O)N(C)C(=O)[C@@H](N)Cc1ccc(F)cc1. The molecule has 0 heterocycles. The predicted octanol–water partition coefficient (Wildman–Crippen LogP) is 2.88. The molecule has 3 atom stereocenters. The number of benzene rings is 2. The lowest BCUT2D eigenvalue weighted by Gasteiger charge is -2.35. The third-order valence-electron chi connectivity index (χ3n) is 6.79. The van der Waals surface area contributed by atoms with E-state index >= 15 is 0 Å². The van der Waals surface area contributed by atoms with Crippen LogP contribution in [0.4, 0.5) is 4.39 Å². The van der Waals surface area contributed by atoms with E-state index in [1.54, 1.807) is 24.3 Å². The van der Waals surface area contributed by atoms with Crippen LogP contribution in [0.2, 0.25) is 0 Å². The highest BCUT2D eigenvalue weighted by Crippen LogP contribution is 2.31. The number of aromatic hydroxyl groups is 1. The Bertz CT molecular complexity index is 1130. The van der Waals surface area contributed by atoms with Crippen molar-refractivity contribution < 1.29 is 23.9 Å². The van der Waals surface area contributed by atoms with Crippen molar-refractivity contribution in [3.05, 3.63) is 65.0 Å². The Morgan fingerprint density at radius 3 is 2.00 bits per heavy atom. The lowest BCUT2D eigenvalue weighted by atomic mass is 9.84. The van der Waals surface area contributed by atoms with Gasteiger partial charge in [0.1, 0.15) is 23.7 Å². The van der Waals surface area contributed by atoms with Crippen LogP contribution in [0, 0.1) is 5.82 Å². The molecule has 0 radical (unpaired) electrons. The number of carbonyl (C=O) groups excluding carboxylic acids is 3. The molecule has 208 valence electrons. The molecule has 2 rings (SSSR count). The maximum Gasteiger partial charge on any atom is 0.245 e. The number of likely N-dealkylation sites (N-methyl/N-ethyl adjacent to an activating group) is 2. The number of rotatable bonds is 11. The Balaban J connectivity index is 2.24. The van der Waals surface area contributed by atoms with Gasteiger partial charge in [-0.1, -0.05) is 58.4 Å². The molecular weight excluding hydrogens is 487 g/mol. The minimum atomic E-state index is -0.962. The van der Waals surface area contributed by atoms with E-state index in [2.05, 4.69) is 0 Å². The fraction of sp³-hybridized carbons (Fsp3) is 0.483. The molecule has 2 aromatic carbocycles. The topological polar surface area (TPSA) is 130 Å². The molecule has 0 saturated heterocycles. The number of halogens is 1. The third kappa shape index (κ3) is 7.77. The van der Waals surface area contributed by atoms with Gasteiger partial charge in [0.2, 0.25) is 17.7 Å². The second-order valence-corrected chi connectivity index (χ2v) is 10.9. The minimum absolute atomic E-state index is 0.154. The fourth-order valence-electron chi connectivity index (χ4n) is 4.48. The number of hydrogen-bond donors (Lipinski definition) is 3. The van der Waals surface area contributed by atoms with Crippen LogP contribution < -0.4 is 11.5 Å². The molecule has 0 aliphatic carbocycles. The van der Waals surface area contributed by atoms with Crippen molar-refractivity contribution in [1.29, 1.82) is 0 Å². The minimum Gasteiger partial charge on any atom is -0.508 e. The normalized spacial score (nSPS) is 13.9. The van der Waals surface area contributed by atoms with Gasteiger partial charge in [0.05, 0.1) is 6.04 Å². The third-order valence-corrected chi connectivity index (χ3v) is 6.79. The summed E-state index contributed by atoms with van der Waals surface area (Å²) < 4.78 is 13.2. The van der Waals surface area contributed by atoms with Crippen LogP contribution in [0.3, 0.4) is 0 Å². The Morgan fingerprint density at radius 2 is 1.47 bits per heavy atom. The van der Waals surface area contributed by atoms with E-state index < -0.39 is 35.8 Å². The van der Waals surface area contributed by atoms with Gasteiger partial charge in [0.15, 0.2) is 0 Å². The van der Waals surface area contributed by atoms with Crippen molar-refractivity contribution in [3.63, 3.8) is 0 Å². The zero-order chi connectivity index (χ0) is 28.8. The van der Waals surface area contributed by atoms with Gasteiger partial charge in [0.25, 0.3) is 0 Å². The monoisotopic (exact) mass is 528 g/mol. The quantitative estimate of drug-likeness (QED) is 0.413. The van der Waals surface area contributed by atoms with Crippen LogP contribution in [0.15, 0.2) is 42.5 Å². The lowest BCUT2D eigenvalue weighted by Crippen LogP contribution is -2.56. The molecule has 0 saturated carbocycles. The van der Waals surface area contributed by atoms with Crippen molar-refractivity contribution >= 4 is 17.7 Å². The van der Waals surface area contributed by atoms with Gasteiger partial charge in [-0.05, 0) is 53.1 Å². The molecule has 9 heteroatoms. The maximum atomic E-state index is 13.6. The summed E-state index contributed by atoms with van der Waals surface area (Å²) in [5.74, 6) is -1.76. The summed E-state index contributed by atoms with van der Waals surface area (Å²) in [5.41, 5.74) is 13.7. The molecule has 5 N–H and O–H groups in total. The van der Waals surface area contributed by atoms with Gasteiger partial charge in [-0.2, -0.15) is 0 Å². The van der Waals surface area contributed by atoms with Crippen molar-refractivity contribution in [1.82, 2.24) is 9.80 Å². The van der Waals surface area contributed by atoms with E-state index in [1.165, 1.54) is 36.0 Å². The second kappa shape index (κ2) is 12.9. The van der Waals surface area contributed by atoms with Gasteiger partial charge in [-0.3, -0.25) is 14.4 Å². The first-order valence-electron chi connectivity index (χ1n) is 12.8. The molecule has 2 aromatic rings. The van der Waals surface area contributed by atoms with Crippen LogP contribution >= 0.6 is 0 Å². The summed E-state index contributed by atoms with van der Waals surface area (Å²) in [6.07, 6.45) is 1.32. The van der Waals surface area contributed by atoms with Crippen molar-refractivity contribution in [2.24, 2.45) is 11.5 Å². The van der Waals surface area contributed by atoms with E-state index in [-0.39, 0.29) is 29.8 Å². The molecule has 0 aliphatic rings. The van der Waals surface area contributed by atoms with Gasteiger partial charge in [-0.25, -0.2) is 4.39 Å². The Morgan fingerprint density at radius 1 is 0.921 bits per heavy atom. The van der Waals surface area contributed by atoms with Crippen LogP contribution in [0.1, 0.15) is 57.2 Å². The molecular formula is C29H41FN4O4. The summed E-state index contributed by atoms with van der Waals surface area (Å²) in [4.78, 5) is 41.9. The number of phenolic OH excluding ortho intramolecular Hbond substituents is 1. The predicted molar refractivity (Wildman–Crippen MR) is 146 cm³/mol. The van der Waals surface area contributed by atoms with Crippen LogP contribution in [0.25, 0.3) is 0 Å². The van der Waals surface area contributed by atoms with Crippen molar-refractivity contribution in [3.8, 4) is 5.75 Å². The van der Waals surface area contributed by atoms with Crippen molar-refractivity contribution in [2.75, 3.05) is 14.1 Å². The van der Waals surface area contributed by atoms with Gasteiger partial charge < -0.3 is 26.4 Å². The van der Waals surface area contributed by atoms with Crippen LogP contribution in [0.5, 0.6) is 5.75 Å². The summed E-state index contributed by atoms with van der Waals surface area (Å²) in [5, 5.41) is 10.3. The second-order valence-electron chi connectivity index (χ2n) is 10.9. The molecule has 0 unspecified atom stereocenters. The zero-order valence-electron chi connectivity index (χ0n) is 23.2. The Kier molecular flexibility index (Phi) is 10.4. The first-order valence-corrected chi connectivity index (χ1v) is 12.8. The molecule has 0 spiro atoms. The van der Waals surface area contributed by atoms with E-state index in [9.17, 15) is 23.9 Å². The molecule has 38 heavy (non-hydrogen) atoms. The van der Waals surface area contributed by atoms with Gasteiger partial charge in [0, 0.05) is 20.5 Å². The highest BCUT2D eigenvalue weighted by Gasteiger charge is 2.35. The number of amides is 3. The fourth-order valence-corrected chi connectivity index (χ4v) is 4.48. The maximum absolute atomic E-state index is 13.6. The highest BCUT2D eigenvalue weighted by molar-refractivity contribution is 5.92. The molecule has 0 aliphatic heterocycles. The van der Waals surface area contributed by atoms with E-state index in [0.717, 1.165) is 11.1 Å². The number of phenols is 1. The van der Waals surface area contributed by atoms with Crippen molar-refractivity contribution in [2.45, 2.75) is 76.9 Å². The highest BCUT2D eigenvalue weighted by atomic mass is 19.1. The van der Waals surface area contributed by atoms with Crippen LogP contribution in [-0.4, -0.2) is 64.8 Å². The van der Waals surface area contributed by atoms with Gasteiger partial charge >= 0.3 is 0 Å². The molecule has 0 aromatic heterocycles. The number of carbonyl (C=O) groups is 3. The zero-order valence-corrected chi connectivity index (χ0v) is 23.2. The molecule has 0 fully saturated rings. The average molecular weight is 529 g/mol. The van der Waals surface area contributed by atoms with Crippen LogP contribution in [-0.2, 0) is 32.6 Å². The molecule has 8 nitrogen and oxygen atoms in total.